The van der Waals surface area contributed by atoms with E-state index in [1.54, 1.807) is 11.3 Å². The van der Waals surface area contributed by atoms with Crippen LogP contribution in [0.2, 0.25) is 0 Å². The van der Waals surface area contributed by atoms with Crippen LogP contribution < -0.4 is 0 Å². The first-order valence-electron chi connectivity index (χ1n) is 8.74. The van der Waals surface area contributed by atoms with E-state index in [2.05, 4.69) is 11.1 Å². The molecule has 3 aromatic rings. The molecule has 1 aliphatic heterocycles. The lowest BCUT2D eigenvalue weighted by Gasteiger charge is -2.24. The largest absolute Gasteiger partial charge is 0.376 e. The Morgan fingerprint density at radius 2 is 2.08 bits per heavy atom. The molecular weight excluding hydrogens is 364 g/mol. The highest BCUT2D eigenvalue weighted by atomic mass is 32.1. The molecule has 1 fully saturated rings. The Bertz CT molecular complexity index is 840. The van der Waals surface area contributed by atoms with Crippen LogP contribution in [0.1, 0.15) is 28.2 Å². The SMILES string of the molecule is O=C(c1csc(-c2ccccc2)n1)N(Cc1cccs1)CC1CCCO1. The van der Waals surface area contributed by atoms with E-state index in [1.807, 2.05) is 52.1 Å². The van der Waals surface area contributed by atoms with Gasteiger partial charge in [0.15, 0.2) is 0 Å². The van der Waals surface area contributed by atoms with E-state index in [0.717, 1.165) is 30.0 Å². The molecule has 0 spiro atoms. The Morgan fingerprint density at radius 1 is 1.19 bits per heavy atom. The van der Waals surface area contributed by atoms with Gasteiger partial charge >= 0.3 is 0 Å². The number of hydrogen-bond acceptors (Lipinski definition) is 5. The third-order valence-corrected chi connectivity index (χ3v) is 6.16. The third-order valence-electron chi connectivity index (χ3n) is 4.41. The Labute approximate surface area is 161 Å². The molecule has 1 saturated heterocycles. The van der Waals surface area contributed by atoms with E-state index < -0.39 is 0 Å². The van der Waals surface area contributed by atoms with Crippen LogP contribution in [0, 0.1) is 0 Å². The summed E-state index contributed by atoms with van der Waals surface area (Å²) < 4.78 is 5.75. The van der Waals surface area contributed by atoms with Crippen molar-refractivity contribution in [3.8, 4) is 10.6 Å². The molecule has 1 amide bonds. The minimum atomic E-state index is -0.0210. The number of nitrogens with zero attached hydrogens (tertiary/aromatic N) is 2. The summed E-state index contributed by atoms with van der Waals surface area (Å²) in [5.41, 5.74) is 1.56. The van der Waals surface area contributed by atoms with Gasteiger partial charge in [-0.2, -0.15) is 0 Å². The van der Waals surface area contributed by atoms with Gasteiger partial charge in [-0.3, -0.25) is 4.79 Å². The van der Waals surface area contributed by atoms with Crippen molar-refractivity contribution in [1.82, 2.24) is 9.88 Å². The van der Waals surface area contributed by atoms with Gasteiger partial charge < -0.3 is 9.64 Å². The fraction of sp³-hybridized carbons (Fsp3) is 0.300. The van der Waals surface area contributed by atoms with Gasteiger partial charge in [-0.1, -0.05) is 36.4 Å². The van der Waals surface area contributed by atoms with Crippen LogP contribution in [-0.4, -0.2) is 35.0 Å². The van der Waals surface area contributed by atoms with Crippen molar-refractivity contribution in [1.29, 1.82) is 0 Å². The Hall–Kier alpha value is -2.02. The number of rotatable bonds is 6. The van der Waals surface area contributed by atoms with Gasteiger partial charge in [0.2, 0.25) is 0 Å². The molecule has 4 rings (SSSR count). The predicted octanol–water partition coefficient (Wildman–Crippen LogP) is 4.69. The summed E-state index contributed by atoms with van der Waals surface area (Å²) >= 11 is 3.18. The van der Waals surface area contributed by atoms with Gasteiger partial charge in [-0.25, -0.2) is 4.98 Å². The zero-order valence-corrected chi connectivity index (χ0v) is 16.0. The number of carbonyl (C=O) groups is 1. The van der Waals surface area contributed by atoms with Crippen molar-refractivity contribution in [2.24, 2.45) is 0 Å². The van der Waals surface area contributed by atoms with Crippen LogP contribution >= 0.6 is 22.7 Å². The first-order chi connectivity index (χ1) is 12.8. The van der Waals surface area contributed by atoms with E-state index >= 15 is 0 Å². The highest BCUT2D eigenvalue weighted by Crippen LogP contribution is 2.25. The monoisotopic (exact) mass is 384 g/mol. The maximum absolute atomic E-state index is 13.1. The number of thiophene rings is 1. The lowest BCUT2D eigenvalue weighted by Crippen LogP contribution is -2.36. The van der Waals surface area contributed by atoms with Crippen molar-refractivity contribution in [2.75, 3.05) is 13.2 Å². The van der Waals surface area contributed by atoms with Crippen LogP contribution in [0.4, 0.5) is 0 Å². The summed E-state index contributed by atoms with van der Waals surface area (Å²) in [4.78, 5) is 20.8. The molecular formula is C20H20N2O2S2. The summed E-state index contributed by atoms with van der Waals surface area (Å²) in [6, 6.07) is 14.1. The highest BCUT2D eigenvalue weighted by molar-refractivity contribution is 7.13. The molecule has 3 heterocycles. The number of carbonyl (C=O) groups excluding carboxylic acids is 1. The molecule has 0 N–H and O–H groups in total. The first-order valence-corrected chi connectivity index (χ1v) is 10.5. The first kappa shape index (κ1) is 17.4. The van der Waals surface area contributed by atoms with Crippen molar-refractivity contribution in [3.63, 3.8) is 0 Å². The highest BCUT2D eigenvalue weighted by Gasteiger charge is 2.25. The summed E-state index contributed by atoms with van der Waals surface area (Å²) in [6.07, 6.45) is 2.22. The zero-order valence-electron chi connectivity index (χ0n) is 14.3. The van der Waals surface area contributed by atoms with E-state index in [-0.39, 0.29) is 12.0 Å². The Balaban J connectivity index is 1.54. The number of amides is 1. The average Bonchev–Trinajstić information content (AvgIpc) is 3.44. The molecule has 0 bridgehead atoms. The summed E-state index contributed by atoms with van der Waals surface area (Å²) in [6.45, 7) is 2.02. The van der Waals surface area contributed by atoms with Crippen molar-refractivity contribution < 1.29 is 9.53 Å². The van der Waals surface area contributed by atoms with Gasteiger partial charge in [0.05, 0.1) is 12.6 Å². The lowest BCUT2D eigenvalue weighted by molar-refractivity contribution is 0.0506. The van der Waals surface area contributed by atoms with Crippen molar-refractivity contribution >= 4 is 28.6 Å². The molecule has 1 aliphatic rings. The lowest BCUT2D eigenvalue weighted by atomic mass is 10.2. The summed E-state index contributed by atoms with van der Waals surface area (Å²) in [5, 5.41) is 4.78. The molecule has 134 valence electrons. The molecule has 1 aromatic carbocycles. The minimum absolute atomic E-state index is 0.0210. The van der Waals surface area contributed by atoms with Crippen LogP contribution in [0.25, 0.3) is 10.6 Å². The van der Waals surface area contributed by atoms with Crippen LogP contribution in [0.5, 0.6) is 0 Å². The topological polar surface area (TPSA) is 42.4 Å². The maximum Gasteiger partial charge on any atom is 0.273 e. The normalized spacial score (nSPS) is 16.7. The second-order valence-electron chi connectivity index (χ2n) is 6.30. The molecule has 26 heavy (non-hydrogen) atoms. The fourth-order valence-electron chi connectivity index (χ4n) is 3.09. The van der Waals surface area contributed by atoms with Gasteiger partial charge in [0.1, 0.15) is 10.7 Å². The Kier molecular flexibility index (Phi) is 5.43. The number of benzene rings is 1. The van der Waals surface area contributed by atoms with Gasteiger partial charge in [0.25, 0.3) is 5.91 Å². The van der Waals surface area contributed by atoms with Crippen LogP contribution in [-0.2, 0) is 11.3 Å². The fourth-order valence-corrected chi connectivity index (χ4v) is 4.61. The van der Waals surface area contributed by atoms with Gasteiger partial charge in [0, 0.05) is 29.0 Å². The molecule has 0 radical (unpaired) electrons. The molecule has 6 heteroatoms. The molecule has 4 nitrogen and oxygen atoms in total. The Morgan fingerprint density at radius 3 is 2.81 bits per heavy atom. The van der Waals surface area contributed by atoms with E-state index in [1.165, 1.54) is 16.2 Å². The van der Waals surface area contributed by atoms with Crippen molar-refractivity contribution in [3.05, 3.63) is 63.8 Å². The molecule has 0 saturated carbocycles. The maximum atomic E-state index is 13.1. The molecule has 1 unspecified atom stereocenters. The van der Waals surface area contributed by atoms with Crippen LogP contribution in [0.3, 0.4) is 0 Å². The minimum Gasteiger partial charge on any atom is -0.376 e. The number of thiazole rings is 1. The quantitative estimate of drug-likeness (QED) is 0.619. The van der Waals surface area contributed by atoms with Crippen molar-refractivity contribution in [2.45, 2.75) is 25.5 Å². The molecule has 0 aliphatic carbocycles. The second kappa shape index (κ2) is 8.12. The van der Waals surface area contributed by atoms with Gasteiger partial charge in [-0.05, 0) is 24.3 Å². The van der Waals surface area contributed by atoms with E-state index in [0.29, 0.717) is 18.8 Å². The smallest absolute Gasteiger partial charge is 0.273 e. The molecule has 1 atom stereocenters. The molecule has 2 aromatic heterocycles. The number of aromatic nitrogens is 1. The number of ether oxygens (including phenoxy) is 1. The third kappa shape index (κ3) is 4.03. The number of hydrogen-bond donors (Lipinski definition) is 0. The van der Waals surface area contributed by atoms with E-state index in [4.69, 9.17) is 4.74 Å². The second-order valence-corrected chi connectivity index (χ2v) is 8.19. The standard InChI is InChI=1S/C20H20N2O2S2/c23-20(18-14-26-19(21-18)15-6-2-1-3-7-15)22(12-16-8-4-10-24-16)13-17-9-5-11-25-17/h1-3,5-7,9,11,14,16H,4,8,10,12-13H2. The van der Waals surface area contributed by atoms with Gasteiger partial charge in [-0.15, -0.1) is 22.7 Å². The average molecular weight is 385 g/mol. The summed E-state index contributed by atoms with van der Waals surface area (Å²) in [7, 11) is 0. The summed E-state index contributed by atoms with van der Waals surface area (Å²) in [5.74, 6) is -0.0210. The van der Waals surface area contributed by atoms with E-state index in [9.17, 15) is 4.79 Å². The van der Waals surface area contributed by atoms with Crippen LogP contribution in [0.15, 0.2) is 53.2 Å². The predicted molar refractivity (Wildman–Crippen MR) is 106 cm³/mol. The zero-order chi connectivity index (χ0) is 17.8.